The monoisotopic (exact) mass is 406 g/mol. The molecule has 1 aliphatic heterocycles. The zero-order valence-corrected chi connectivity index (χ0v) is 17.0. The van der Waals surface area contributed by atoms with Gasteiger partial charge in [0, 0.05) is 18.0 Å². The summed E-state index contributed by atoms with van der Waals surface area (Å²) in [6.45, 7) is 4.96. The van der Waals surface area contributed by atoms with Crippen LogP contribution in [0.25, 0.3) is 0 Å². The van der Waals surface area contributed by atoms with E-state index in [-0.39, 0.29) is 24.3 Å². The number of carbonyl (C=O) groups is 3. The van der Waals surface area contributed by atoms with Gasteiger partial charge < -0.3 is 15.0 Å². The summed E-state index contributed by atoms with van der Waals surface area (Å²) in [6, 6.07) is 5.38. The molecule has 1 saturated heterocycles. The molecule has 144 valence electrons. The zero-order valence-electron chi connectivity index (χ0n) is 15.3. The Bertz CT molecular complexity index is 829. The Kier molecular flexibility index (Phi) is 6.28. The second kappa shape index (κ2) is 8.67. The molecule has 27 heavy (non-hydrogen) atoms. The maximum Gasteiger partial charge on any atom is 0.341 e. The molecule has 0 aromatic carbocycles. The molecule has 2 aromatic heterocycles. The molecule has 3 rings (SSSR count). The Morgan fingerprint density at radius 2 is 2.19 bits per heavy atom. The van der Waals surface area contributed by atoms with Gasteiger partial charge in [0.15, 0.2) is 0 Å². The maximum absolute atomic E-state index is 12.8. The minimum atomic E-state index is -0.435. The van der Waals surface area contributed by atoms with Crippen molar-refractivity contribution in [3.8, 4) is 0 Å². The second-order valence-electron chi connectivity index (χ2n) is 6.38. The molecule has 0 spiro atoms. The van der Waals surface area contributed by atoms with E-state index in [1.807, 2.05) is 18.4 Å². The van der Waals surface area contributed by atoms with E-state index >= 15 is 0 Å². The molecule has 6 nitrogen and oxygen atoms in total. The van der Waals surface area contributed by atoms with Crippen molar-refractivity contribution in [3.63, 3.8) is 0 Å². The summed E-state index contributed by atoms with van der Waals surface area (Å²) in [5.41, 5.74) is 0.384. The van der Waals surface area contributed by atoms with Gasteiger partial charge >= 0.3 is 5.97 Å². The van der Waals surface area contributed by atoms with Gasteiger partial charge in [0.05, 0.1) is 23.0 Å². The number of piperidine rings is 1. The van der Waals surface area contributed by atoms with Gasteiger partial charge in [-0.1, -0.05) is 6.07 Å². The summed E-state index contributed by atoms with van der Waals surface area (Å²) in [4.78, 5) is 40.8. The molecule has 2 amide bonds. The third-order valence-corrected chi connectivity index (χ3v) is 6.22. The van der Waals surface area contributed by atoms with Crippen LogP contribution in [0.15, 0.2) is 23.6 Å². The molecule has 0 saturated carbocycles. The van der Waals surface area contributed by atoms with Crippen LogP contribution in [0, 0.1) is 12.8 Å². The van der Waals surface area contributed by atoms with Crippen LogP contribution in [0.1, 0.15) is 44.7 Å². The molecule has 0 aliphatic carbocycles. The standard InChI is InChI=1S/C19H22N2O4S2/c1-3-25-19(24)14-10-12(2)27-17(14)20-16(22)13-6-4-8-21(11-13)18(23)15-7-5-9-26-15/h5,7,9-10,13H,3-4,6,8,11H2,1-2H3,(H,20,22). The fourth-order valence-corrected chi connectivity index (χ4v) is 4.71. The second-order valence-corrected chi connectivity index (χ2v) is 8.58. The topological polar surface area (TPSA) is 75.7 Å². The first-order chi connectivity index (χ1) is 13.0. The molecule has 1 unspecified atom stereocenters. The normalized spacial score (nSPS) is 16.8. The Hall–Kier alpha value is -2.19. The molecule has 3 heterocycles. The minimum absolute atomic E-state index is 0.0262. The zero-order chi connectivity index (χ0) is 19.4. The molecule has 0 radical (unpaired) electrons. The third-order valence-electron chi connectivity index (χ3n) is 4.40. The Morgan fingerprint density at radius 3 is 2.89 bits per heavy atom. The number of hydrogen-bond donors (Lipinski definition) is 1. The van der Waals surface area contributed by atoms with Crippen molar-refractivity contribution in [2.45, 2.75) is 26.7 Å². The van der Waals surface area contributed by atoms with Gasteiger partial charge in [-0.3, -0.25) is 9.59 Å². The van der Waals surface area contributed by atoms with Crippen LogP contribution in [0.4, 0.5) is 5.00 Å². The highest BCUT2D eigenvalue weighted by atomic mass is 32.1. The number of likely N-dealkylation sites (tertiary alicyclic amines) is 1. The predicted molar refractivity (Wildman–Crippen MR) is 107 cm³/mol. The predicted octanol–water partition coefficient (Wildman–Crippen LogP) is 3.79. The molecule has 2 aromatic rings. The van der Waals surface area contributed by atoms with Crippen LogP contribution in [0.2, 0.25) is 0 Å². The van der Waals surface area contributed by atoms with Crippen molar-refractivity contribution in [2.24, 2.45) is 5.92 Å². The van der Waals surface area contributed by atoms with Gasteiger partial charge in [-0.25, -0.2) is 4.79 Å². The summed E-state index contributed by atoms with van der Waals surface area (Å²) in [7, 11) is 0. The van der Waals surface area contributed by atoms with Gasteiger partial charge in [-0.15, -0.1) is 22.7 Å². The number of rotatable bonds is 5. The first-order valence-electron chi connectivity index (χ1n) is 8.90. The Labute approximate surface area is 166 Å². The lowest BCUT2D eigenvalue weighted by molar-refractivity contribution is -0.121. The van der Waals surface area contributed by atoms with E-state index in [0.29, 0.717) is 28.5 Å². The molecular weight excluding hydrogens is 384 g/mol. The van der Waals surface area contributed by atoms with E-state index in [4.69, 9.17) is 4.74 Å². The number of thiophene rings is 2. The first-order valence-corrected chi connectivity index (χ1v) is 10.6. The van der Waals surface area contributed by atoms with Crippen molar-refractivity contribution in [3.05, 3.63) is 38.9 Å². The maximum atomic E-state index is 12.8. The van der Waals surface area contributed by atoms with Crippen LogP contribution >= 0.6 is 22.7 Å². The van der Waals surface area contributed by atoms with Crippen molar-refractivity contribution >= 4 is 45.5 Å². The van der Waals surface area contributed by atoms with E-state index < -0.39 is 5.97 Å². The van der Waals surface area contributed by atoms with E-state index in [2.05, 4.69) is 5.32 Å². The lowest BCUT2D eigenvalue weighted by Gasteiger charge is -2.31. The van der Waals surface area contributed by atoms with E-state index in [1.54, 1.807) is 24.0 Å². The van der Waals surface area contributed by atoms with Gasteiger partial charge in [0.25, 0.3) is 5.91 Å². The number of carbonyl (C=O) groups excluding carboxylic acids is 3. The number of esters is 1. The van der Waals surface area contributed by atoms with E-state index in [9.17, 15) is 14.4 Å². The van der Waals surface area contributed by atoms with Crippen LogP contribution in [-0.2, 0) is 9.53 Å². The van der Waals surface area contributed by atoms with Gasteiger partial charge in [-0.05, 0) is 44.2 Å². The van der Waals surface area contributed by atoms with Crippen LogP contribution in [0.5, 0.6) is 0 Å². The lowest BCUT2D eigenvalue weighted by atomic mass is 9.97. The number of anilines is 1. The molecule has 0 bridgehead atoms. The number of ether oxygens (including phenoxy) is 1. The summed E-state index contributed by atoms with van der Waals surface area (Å²) in [5, 5.41) is 5.26. The van der Waals surface area contributed by atoms with Crippen molar-refractivity contribution in [1.82, 2.24) is 4.90 Å². The molecule has 1 atom stereocenters. The summed E-state index contributed by atoms with van der Waals surface area (Å²) < 4.78 is 5.06. The first kappa shape index (κ1) is 19.6. The molecule has 8 heteroatoms. The molecule has 1 aliphatic rings. The number of hydrogen-bond acceptors (Lipinski definition) is 6. The van der Waals surface area contributed by atoms with Gasteiger partial charge in [-0.2, -0.15) is 0 Å². The highest BCUT2D eigenvalue weighted by Crippen LogP contribution is 2.30. The quantitative estimate of drug-likeness (QED) is 0.767. The lowest BCUT2D eigenvalue weighted by Crippen LogP contribution is -2.43. The van der Waals surface area contributed by atoms with Crippen molar-refractivity contribution in [2.75, 3.05) is 25.0 Å². The van der Waals surface area contributed by atoms with Crippen molar-refractivity contribution < 1.29 is 19.1 Å². The number of amides is 2. The number of nitrogens with one attached hydrogen (secondary N) is 1. The average molecular weight is 407 g/mol. The average Bonchev–Trinajstić information content (AvgIpc) is 3.31. The summed E-state index contributed by atoms with van der Waals surface area (Å²) in [5.74, 6) is -0.914. The fraction of sp³-hybridized carbons (Fsp3) is 0.421. The van der Waals surface area contributed by atoms with Crippen LogP contribution in [0.3, 0.4) is 0 Å². The number of nitrogens with zero attached hydrogens (tertiary/aromatic N) is 1. The van der Waals surface area contributed by atoms with Crippen LogP contribution < -0.4 is 5.32 Å². The molecule has 1 fully saturated rings. The summed E-state index contributed by atoms with van der Waals surface area (Å²) >= 11 is 2.76. The minimum Gasteiger partial charge on any atom is -0.462 e. The SMILES string of the molecule is CCOC(=O)c1cc(C)sc1NC(=O)C1CCCN(C(=O)c2cccs2)C1. The molecule has 1 N–H and O–H groups in total. The van der Waals surface area contributed by atoms with Gasteiger partial charge in [0.1, 0.15) is 5.00 Å². The van der Waals surface area contributed by atoms with Crippen LogP contribution in [-0.4, -0.2) is 42.4 Å². The smallest absolute Gasteiger partial charge is 0.341 e. The van der Waals surface area contributed by atoms with Gasteiger partial charge in [0.2, 0.25) is 5.91 Å². The largest absolute Gasteiger partial charge is 0.462 e. The highest BCUT2D eigenvalue weighted by Gasteiger charge is 2.30. The summed E-state index contributed by atoms with van der Waals surface area (Å²) in [6.07, 6.45) is 1.50. The third kappa shape index (κ3) is 4.56. The Balaban J connectivity index is 1.68. The van der Waals surface area contributed by atoms with E-state index in [0.717, 1.165) is 17.7 Å². The highest BCUT2D eigenvalue weighted by molar-refractivity contribution is 7.16. The number of aryl methyl sites for hydroxylation is 1. The fourth-order valence-electron chi connectivity index (χ4n) is 3.11. The van der Waals surface area contributed by atoms with Crippen molar-refractivity contribution in [1.29, 1.82) is 0 Å². The Morgan fingerprint density at radius 1 is 1.37 bits per heavy atom. The molecular formula is C19H22N2O4S2. The van der Waals surface area contributed by atoms with E-state index in [1.165, 1.54) is 22.7 Å².